The van der Waals surface area contributed by atoms with Gasteiger partial charge in [0.15, 0.2) is 5.78 Å². The Kier molecular flexibility index (Phi) is 4.12. The Bertz CT molecular complexity index is 908. The number of benzene rings is 1. The van der Waals surface area contributed by atoms with Crippen molar-refractivity contribution < 1.29 is 14.3 Å². The van der Waals surface area contributed by atoms with Crippen molar-refractivity contribution >= 4 is 11.8 Å². The van der Waals surface area contributed by atoms with Gasteiger partial charge in [-0.2, -0.15) is 0 Å². The highest BCUT2D eigenvalue weighted by molar-refractivity contribution is 6.01. The van der Waals surface area contributed by atoms with Crippen molar-refractivity contribution in [3.63, 3.8) is 0 Å². The molecule has 1 spiro atoms. The summed E-state index contributed by atoms with van der Waals surface area (Å²) < 4.78 is 6.22. The molecule has 1 fully saturated rings. The summed E-state index contributed by atoms with van der Waals surface area (Å²) in [6.07, 6.45) is 10.5. The Balaban J connectivity index is 1.59. The van der Waals surface area contributed by atoms with Gasteiger partial charge in [0, 0.05) is 17.4 Å². The lowest BCUT2D eigenvalue weighted by Gasteiger charge is -2.62. The van der Waals surface area contributed by atoms with E-state index < -0.39 is 5.60 Å². The standard InChI is InChI=1S/C25H28O3/c1-3-5-9-15-14-21(26)22-16(15)12-13-17-19(8-4-2)25(23(17)22)20-11-7-6-10-18(20)24(27)28-25/h6-7,10-12,14,17,19,22-23H,3-5,8-9,13H2,1-2H3/t17-,19+,22?,23?,25?/m0/s1. The molecule has 0 bridgehead atoms. The Morgan fingerprint density at radius 2 is 1.96 bits per heavy atom. The smallest absolute Gasteiger partial charge is 0.339 e. The molecular weight excluding hydrogens is 348 g/mol. The van der Waals surface area contributed by atoms with Gasteiger partial charge in [0.1, 0.15) is 5.60 Å². The normalized spacial score (nSPS) is 34.9. The lowest BCUT2D eigenvalue weighted by molar-refractivity contribution is -0.217. The first-order chi connectivity index (χ1) is 13.6. The summed E-state index contributed by atoms with van der Waals surface area (Å²) in [6, 6.07) is 7.84. The number of carbonyl (C=O) groups is 2. The fourth-order valence-corrected chi connectivity index (χ4v) is 6.52. The second-order valence-electron chi connectivity index (χ2n) is 8.86. The molecule has 5 rings (SSSR count). The number of rotatable bonds is 5. The summed E-state index contributed by atoms with van der Waals surface area (Å²) in [7, 11) is 0. The minimum Gasteiger partial charge on any atom is -0.450 e. The molecule has 0 amide bonds. The molecule has 3 aliphatic carbocycles. The lowest BCUT2D eigenvalue weighted by Crippen LogP contribution is -2.64. The number of unbranched alkanes of at least 4 members (excludes halogenated alkanes) is 1. The van der Waals surface area contributed by atoms with E-state index in [9.17, 15) is 9.59 Å². The number of hydrogen-bond acceptors (Lipinski definition) is 3. The van der Waals surface area contributed by atoms with Gasteiger partial charge in [-0.1, -0.05) is 51.0 Å². The van der Waals surface area contributed by atoms with Crippen molar-refractivity contribution in [2.45, 2.75) is 58.0 Å². The van der Waals surface area contributed by atoms with Crippen molar-refractivity contribution in [3.05, 3.63) is 58.7 Å². The van der Waals surface area contributed by atoms with Crippen LogP contribution in [0.3, 0.4) is 0 Å². The zero-order chi connectivity index (χ0) is 19.5. The minimum absolute atomic E-state index is 0.0829. The molecule has 3 nitrogen and oxygen atoms in total. The SMILES string of the molecule is CCCCC1=CC(=O)C2C1=CC[C@@H]1C2C2(OC(=O)c3ccccc32)[C@@H]1CCC. The number of allylic oxidation sites excluding steroid dienone is 4. The second-order valence-corrected chi connectivity index (χ2v) is 8.86. The highest BCUT2D eigenvalue weighted by Gasteiger charge is 2.71. The number of esters is 1. The van der Waals surface area contributed by atoms with Crippen LogP contribution in [0.25, 0.3) is 0 Å². The van der Waals surface area contributed by atoms with E-state index in [0.29, 0.717) is 17.4 Å². The zero-order valence-corrected chi connectivity index (χ0v) is 16.7. The highest BCUT2D eigenvalue weighted by Crippen LogP contribution is 2.69. The zero-order valence-electron chi connectivity index (χ0n) is 16.7. The molecular formula is C25H28O3. The molecule has 1 heterocycles. The van der Waals surface area contributed by atoms with Gasteiger partial charge in [0.25, 0.3) is 0 Å². The van der Waals surface area contributed by atoms with E-state index in [1.165, 1.54) is 11.1 Å². The molecule has 0 radical (unpaired) electrons. The van der Waals surface area contributed by atoms with E-state index in [1.54, 1.807) is 0 Å². The van der Waals surface area contributed by atoms with E-state index in [4.69, 9.17) is 4.74 Å². The van der Waals surface area contributed by atoms with Crippen molar-refractivity contribution in [1.29, 1.82) is 0 Å². The monoisotopic (exact) mass is 376 g/mol. The van der Waals surface area contributed by atoms with Gasteiger partial charge in [-0.15, -0.1) is 0 Å². The summed E-state index contributed by atoms with van der Waals surface area (Å²) in [5.74, 6) is 0.700. The van der Waals surface area contributed by atoms with Crippen LogP contribution in [0.4, 0.5) is 0 Å². The topological polar surface area (TPSA) is 43.4 Å². The van der Waals surface area contributed by atoms with Crippen molar-refractivity contribution in [2.24, 2.45) is 23.7 Å². The largest absolute Gasteiger partial charge is 0.450 e. The van der Waals surface area contributed by atoms with Crippen LogP contribution in [-0.2, 0) is 15.1 Å². The van der Waals surface area contributed by atoms with Crippen molar-refractivity contribution in [1.82, 2.24) is 0 Å². The van der Waals surface area contributed by atoms with Gasteiger partial charge in [0.2, 0.25) is 0 Å². The van der Waals surface area contributed by atoms with Crippen LogP contribution < -0.4 is 0 Å². The molecule has 1 aromatic rings. The maximum Gasteiger partial charge on any atom is 0.339 e. The molecule has 3 unspecified atom stereocenters. The predicted molar refractivity (Wildman–Crippen MR) is 108 cm³/mol. The maximum absolute atomic E-state index is 13.1. The third kappa shape index (κ3) is 2.16. The van der Waals surface area contributed by atoms with E-state index in [0.717, 1.165) is 44.1 Å². The fraction of sp³-hybridized carbons (Fsp3) is 0.520. The third-order valence-corrected chi connectivity index (χ3v) is 7.55. The molecule has 1 aliphatic heterocycles. The van der Waals surface area contributed by atoms with E-state index in [2.05, 4.69) is 26.0 Å². The molecule has 3 heteroatoms. The van der Waals surface area contributed by atoms with E-state index in [1.807, 2.05) is 24.3 Å². The molecule has 4 aliphatic rings. The first-order valence-corrected chi connectivity index (χ1v) is 10.9. The van der Waals surface area contributed by atoms with Gasteiger partial charge in [-0.05, 0) is 54.9 Å². The van der Waals surface area contributed by atoms with Gasteiger partial charge in [-0.3, -0.25) is 4.79 Å². The summed E-state index contributed by atoms with van der Waals surface area (Å²) >= 11 is 0. The van der Waals surface area contributed by atoms with Crippen molar-refractivity contribution in [3.8, 4) is 0 Å². The maximum atomic E-state index is 13.1. The Labute approximate surface area is 166 Å². The van der Waals surface area contributed by atoms with E-state index >= 15 is 0 Å². The van der Waals surface area contributed by atoms with Crippen molar-refractivity contribution in [2.75, 3.05) is 0 Å². The highest BCUT2D eigenvalue weighted by atomic mass is 16.6. The second kappa shape index (κ2) is 6.43. The quantitative estimate of drug-likeness (QED) is 0.650. The number of ether oxygens (including phenoxy) is 1. The molecule has 0 N–H and O–H groups in total. The predicted octanol–water partition coefficient (Wildman–Crippen LogP) is 5.36. The Hall–Kier alpha value is -2.16. The van der Waals surface area contributed by atoms with E-state index in [-0.39, 0.29) is 23.6 Å². The Morgan fingerprint density at radius 3 is 2.75 bits per heavy atom. The van der Waals surface area contributed by atoms with Crippen LogP contribution in [0, 0.1) is 23.7 Å². The summed E-state index contributed by atoms with van der Waals surface area (Å²) in [5, 5.41) is 0. The van der Waals surface area contributed by atoms with Gasteiger partial charge in [0.05, 0.1) is 11.5 Å². The first kappa shape index (κ1) is 17.9. The Morgan fingerprint density at radius 1 is 1.14 bits per heavy atom. The van der Waals surface area contributed by atoms with Crippen LogP contribution in [0.2, 0.25) is 0 Å². The summed E-state index contributed by atoms with van der Waals surface area (Å²) in [4.78, 5) is 25.9. The minimum atomic E-state index is -0.609. The molecule has 0 saturated heterocycles. The molecule has 1 aromatic carbocycles. The first-order valence-electron chi connectivity index (χ1n) is 10.9. The van der Waals surface area contributed by atoms with Crippen LogP contribution in [0.15, 0.2) is 47.6 Å². The lowest BCUT2D eigenvalue weighted by atomic mass is 9.44. The van der Waals surface area contributed by atoms with Crippen LogP contribution >= 0.6 is 0 Å². The van der Waals surface area contributed by atoms with Crippen LogP contribution in [0.5, 0.6) is 0 Å². The number of fused-ring (bicyclic) bond motifs is 6. The average molecular weight is 376 g/mol. The van der Waals surface area contributed by atoms with Crippen LogP contribution in [0.1, 0.15) is 68.3 Å². The summed E-state index contributed by atoms with van der Waals surface area (Å²) in [5.41, 5.74) is 3.57. The molecule has 1 saturated carbocycles. The molecule has 28 heavy (non-hydrogen) atoms. The van der Waals surface area contributed by atoms with Gasteiger partial charge in [-0.25, -0.2) is 4.79 Å². The average Bonchev–Trinajstić information content (AvgIpc) is 3.19. The summed E-state index contributed by atoms with van der Waals surface area (Å²) in [6.45, 7) is 4.38. The molecule has 5 atom stereocenters. The van der Waals surface area contributed by atoms with Crippen LogP contribution in [-0.4, -0.2) is 11.8 Å². The molecule has 0 aromatic heterocycles. The van der Waals surface area contributed by atoms with Gasteiger partial charge < -0.3 is 4.74 Å². The fourth-order valence-electron chi connectivity index (χ4n) is 6.52. The van der Waals surface area contributed by atoms with Gasteiger partial charge >= 0.3 is 5.97 Å². The third-order valence-electron chi connectivity index (χ3n) is 7.55. The number of ketones is 1. The number of hydrogen-bond donors (Lipinski definition) is 0. The molecule has 146 valence electrons. The number of carbonyl (C=O) groups excluding carboxylic acids is 2.